The minimum Gasteiger partial charge on any atom is -0.475 e. The molecule has 0 amide bonds. The molecule has 0 saturated carbocycles. The lowest BCUT2D eigenvalue weighted by atomic mass is 10.0. The van der Waals surface area contributed by atoms with Crippen LogP contribution in [0.5, 0.6) is 0 Å². The van der Waals surface area contributed by atoms with Gasteiger partial charge in [-0.3, -0.25) is 0 Å². The first-order chi connectivity index (χ1) is 9.16. The van der Waals surface area contributed by atoms with E-state index < -0.39 is 5.97 Å². The van der Waals surface area contributed by atoms with Gasteiger partial charge in [0.15, 0.2) is 0 Å². The van der Waals surface area contributed by atoms with E-state index in [2.05, 4.69) is 0 Å². The zero-order valence-electron chi connectivity index (χ0n) is 10.4. The molecule has 0 aliphatic carbocycles. The molecule has 2 aromatic carbocycles. The van der Waals surface area contributed by atoms with Crippen molar-refractivity contribution in [3.05, 3.63) is 59.9 Å². The molecule has 1 N–H and O–H groups in total. The highest BCUT2D eigenvalue weighted by atomic mass is 16.4. The van der Waals surface area contributed by atoms with Crippen LogP contribution < -0.4 is 0 Å². The molecule has 0 aliphatic heterocycles. The standard InChI is InChI=1S/C16H12O3/c1-10-13-8-7-12(11-5-3-2-4-6-11)9-14(13)19-15(10)16(17)18/h2-9H,1H3,(H,17,18). The van der Waals surface area contributed by atoms with Crippen molar-refractivity contribution in [3.63, 3.8) is 0 Å². The molecule has 0 bridgehead atoms. The van der Waals surface area contributed by atoms with Crippen molar-refractivity contribution >= 4 is 16.9 Å². The maximum Gasteiger partial charge on any atom is 0.372 e. The van der Waals surface area contributed by atoms with Gasteiger partial charge < -0.3 is 9.52 Å². The van der Waals surface area contributed by atoms with Crippen LogP contribution in [0.4, 0.5) is 0 Å². The van der Waals surface area contributed by atoms with E-state index in [0.29, 0.717) is 11.1 Å². The normalized spacial score (nSPS) is 10.8. The third-order valence-corrected chi connectivity index (χ3v) is 3.24. The van der Waals surface area contributed by atoms with Crippen molar-refractivity contribution < 1.29 is 14.3 Å². The van der Waals surface area contributed by atoms with Gasteiger partial charge in [-0.15, -0.1) is 0 Å². The number of fused-ring (bicyclic) bond motifs is 1. The Morgan fingerprint density at radius 2 is 1.79 bits per heavy atom. The van der Waals surface area contributed by atoms with Crippen molar-refractivity contribution in [3.8, 4) is 11.1 Å². The molecule has 0 saturated heterocycles. The van der Waals surface area contributed by atoms with E-state index in [1.54, 1.807) is 6.92 Å². The first kappa shape index (κ1) is 11.5. The van der Waals surface area contributed by atoms with Gasteiger partial charge >= 0.3 is 5.97 Å². The van der Waals surface area contributed by atoms with Gasteiger partial charge in [-0.2, -0.15) is 0 Å². The lowest BCUT2D eigenvalue weighted by Gasteiger charge is -2.00. The van der Waals surface area contributed by atoms with Gasteiger partial charge in [0.1, 0.15) is 5.58 Å². The summed E-state index contributed by atoms with van der Waals surface area (Å²) in [4.78, 5) is 11.1. The summed E-state index contributed by atoms with van der Waals surface area (Å²) in [5.41, 5.74) is 3.37. The van der Waals surface area contributed by atoms with Crippen molar-refractivity contribution in [2.45, 2.75) is 6.92 Å². The summed E-state index contributed by atoms with van der Waals surface area (Å²) in [7, 11) is 0. The Morgan fingerprint density at radius 3 is 2.47 bits per heavy atom. The number of aromatic carboxylic acids is 1. The minimum atomic E-state index is -1.03. The van der Waals surface area contributed by atoms with E-state index in [-0.39, 0.29) is 5.76 Å². The number of rotatable bonds is 2. The molecule has 3 rings (SSSR count). The summed E-state index contributed by atoms with van der Waals surface area (Å²) in [6.07, 6.45) is 0. The lowest BCUT2D eigenvalue weighted by molar-refractivity contribution is 0.0664. The van der Waals surface area contributed by atoms with Crippen molar-refractivity contribution in [2.24, 2.45) is 0 Å². The average molecular weight is 252 g/mol. The quantitative estimate of drug-likeness (QED) is 0.746. The van der Waals surface area contributed by atoms with E-state index >= 15 is 0 Å². The maximum atomic E-state index is 11.1. The molecular weight excluding hydrogens is 240 g/mol. The summed E-state index contributed by atoms with van der Waals surface area (Å²) in [5, 5.41) is 9.90. The Labute approximate surface area is 110 Å². The zero-order chi connectivity index (χ0) is 13.4. The van der Waals surface area contributed by atoms with Gasteiger partial charge in [0, 0.05) is 10.9 Å². The van der Waals surface area contributed by atoms with Crippen LogP contribution in [0.1, 0.15) is 16.1 Å². The fourth-order valence-corrected chi connectivity index (χ4v) is 2.24. The number of hydrogen-bond acceptors (Lipinski definition) is 2. The molecule has 0 atom stereocenters. The highest BCUT2D eigenvalue weighted by Gasteiger charge is 2.16. The SMILES string of the molecule is Cc1c(C(=O)O)oc2cc(-c3ccccc3)ccc12. The number of furan rings is 1. The van der Waals surface area contributed by atoms with Crippen LogP contribution in [0.15, 0.2) is 52.9 Å². The predicted octanol–water partition coefficient (Wildman–Crippen LogP) is 4.11. The van der Waals surface area contributed by atoms with Crippen LogP contribution in [-0.4, -0.2) is 11.1 Å². The smallest absolute Gasteiger partial charge is 0.372 e. The fourth-order valence-electron chi connectivity index (χ4n) is 2.24. The Kier molecular flexibility index (Phi) is 2.60. The van der Waals surface area contributed by atoms with Crippen molar-refractivity contribution in [1.29, 1.82) is 0 Å². The van der Waals surface area contributed by atoms with Crippen LogP contribution >= 0.6 is 0 Å². The second kappa shape index (κ2) is 4.28. The second-order valence-corrected chi connectivity index (χ2v) is 4.44. The van der Waals surface area contributed by atoms with Crippen LogP contribution in [0.3, 0.4) is 0 Å². The Bertz CT molecular complexity index is 754. The van der Waals surface area contributed by atoms with Gasteiger partial charge in [0.2, 0.25) is 5.76 Å². The highest BCUT2D eigenvalue weighted by Crippen LogP contribution is 2.29. The van der Waals surface area contributed by atoms with Crippen molar-refractivity contribution in [1.82, 2.24) is 0 Å². The number of carbonyl (C=O) groups is 1. The molecule has 19 heavy (non-hydrogen) atoms. The van der Waals surface area contributed by atoms with E-state index in [1.165, 1.54) is 0 Å². The summed E-state index contributed by atoms with van der Waals surface area (Å²) in [6, 6.07) is 15.7. The fraction of sp³-hybridized carbons (Fsp3) is 0.0625. The summed E-state index contributed by atoms with van der Waals surface area (Å²) in [6.45, 7) is 1.76. The number of carboxylic acid groups (broad SMARTS) is 1. The Balaban J connectivity index is 2.19. The largest absolute Gasteiger partial charge is 0.475 e. The summed E-state index contributed by atoms with van der Waals surface area (Å²) >= 11 is 0. The highest BCUT2D eigenvalue weighted by molar-refractivity contribution is 5.96. The third-order valence-electron chi connectivity index (χ3n) is 3.24. The van der Waals surface area contributed by atoms with Gasteiger partial charge in [-0.05, 0) is 24.1 Å². The molecule has 0 unspecified atom stereocenters. The van der Waals surface area contributed by atoms with Crippen LogP contribution in [0.25, 0.3) is 22.1 Å². The second-order valence-electron chi connectivity index (χ2n) is 4.44. The molecule has 1 heterocycles. The molecule has 0 aliphatic rings. The van der Waals surface area contributed by atoms with Gasteiger partial charge in [-0.25, -0.2) is 4.79 Å². The first-order valence-corrected chi connectivity index (χ1v) is 5.98. The van der Waals surface area contributed by atoms with Gasteiger partial charge in [0.25, 0.3) is 0 Å². The monoisotopic (exact) mass is 252 g/mol. The van der Waals surface area contributed by atoms with Crippen LogP contribution in [0.2, 0.25) is 0 Å². The number of carboxylic acids is 1. The maximum absolute atomic E-state index is 11.1. The van der Waals surface area contributed by atoms with Crippen LogP contribution in [-0.2, 0) is 0 Å². The lowest BCUT2D eigenvalue weighted by Crippen LogP contribution is -1.94. The van der Waals surface area contributed by atoms with E-state index in [9.17, 15) is 4.79 Å². The molecule has 3 nitrogen and oxygen atoms in total. The average Bonchev–Trinajstić information content (AvgIpc) is 2.77. The predicted molar refractivity (Wildman–Crippen MR) is 73.3 cm³/mol. The van der Waals surface area contributed by atoms with Gasteiger partial charge in [-0.1, -0.05) is 42.5 Å². The van der Waals surface area contributed by atoms with E-state index in [0.717, 1.165) is 16.5 Å². The van der Waals surface area contributed by atoms with Crippen molar-refractivity contribution in [2.75, 3.05) is 0 Å². The molecule has 3 aromatic rings. The molecule has 0 fully saturated rings. The topological polar surface area (TPSA) is 50.4 Å². The molecule has 94 valence electrons. The van der Waals surface area contributed by atoms with E-state index in [1.807, 2.05) is 48.5 Å². The first-order valence-electron chi connectivity index (χ1n) is 5.98. The van der Waals surface area contributed by atoms with Crippen LogP contribution in [0, 0.1) is 6.92 Å². The third kappa shape index (κ3) is 1.89. The molecule has 3 heteroatoms. The van der Waals surface area contributed by atoms with Gasteiger partial charge in [0.05, 0.1) is 0 Å². The minimum absolute atomic E-state index is 0.0141. The zero-order valence-corrected chi connectivity index (χ0v) is 10.4. The number of aryl methyl sites for hydroxylation is 1. The summed E-state index contributed by atoms with van der Waals surface area (Å²) in [5.74, 6) is -1.02. The Hall–Kier alpha value is -2.55. The number of hydrogen-bond donors (Lipinski definition) is 1. The Morgan fingerprint density at radius 1 is 1.05 bits per heavy atom. The molecule has 0 radical (unpaired) electrons. The molecule has 0 spiro atoms. The number of benzene rings is 2. The van der Waals surface area contributed by atoms with E-state index in [4.69, 9.17) is 9.52 Å². The molecule has 1 aromatic heterocycles. The molecular formula is C16H12O3. The summed E-state index contributed by atoms with van der Waals surface area (Å²) < 4.78 is 5.42.